The van der Waals surface area contributed by atoms with E-state index in [-0.39, 0.29) is 6.04 Å². The second kappa shape index (κ2) is 3.17. The lowest BCUT2D eigenvalue weighted by molar-refractivity contribution is -0.143. The van der Waals surface area contributed by atoms with Gasteiger partial charge in [0.05, 0.1) is 0 Å². The SMILES string of the molecule is CC(C)C1C2CC1N(C(=O)C(F)F)C2. The molecule has 1 aliphatic carbocycles. The number of hydrogen-bond donors (Lipinski definition) is 0. The highest BCUT2D eigenvalue weighted by atomic mass is 19.3. The number of hydrogen-bond acceptors (Lipinski definition) is 1. The largest absolute Gasteiger partial charge is 0.334 e. The lowest BCUT2D eigenvalue weighted by atomic mass is 9.68. The third-order valence-electron chi connectivity index (χ3n) is 3.60. The van der Waals surface area contributed by atoms with Crippen LogP contribution in [0.25, 0.3) is 0 Å². The molecule has 2 heterocycles. The first-order chi connectivity index (χ1) is 6.52. The molecule has 3 fully saturated rings. The van der Waals surface area contributed by atoms with E-state index >= 15 is 0 Å². The summed E-state index contributed by atoms with van der Waals surface area (Å²) in [5.74, 6) is 0.454. The molecule has 3 unspecified atom stereocenters. The Hall–Kier alpha value is -0.670. The van der Waals surface area contributed by atoms with Crippen LogP contribution in [0.4, 0.5) is 8.78 Å². The van der Waals surface area contributed by atoms with E-state index in [2.05, 4.69) is 13.8 Å². The van der Waals surface area contributed by atoms with Crippen LogP contribution in [-0.4, -0.2) is 29.8 Å². The number of carbonyl (C=O) groups is 1. The summed E-state index contributed by atoms with van der Waals surface area (Å²) >= 11 is 0. The van der Waals surface area contributed by atoms with E-state index in [1.54, 1.807) is 0 Å². The average molecular weight is 203 g/mol. The minimum atomic E-state index is -2.83. The molecule has 0 aromatic carbocycles. The lowest BCUT2D eigenvalue weighted by Gasteiger charge is -2.39. The van der Waals surface area contributed by atoms with E-state index in [9.17, 15) is 13.6 Å². The van der Waals surface area contributed by atoms with Gasteiger partial charge in [0.2, 0.25) is 0 Å². The molecule has 3 rings (SSSR count). The summed E-state index contributed by atoms with van der Waals surface area (Å²) in [7, 11) is 0. The molecule has 2 aliphatic heterocycles. The van der Waals surface area contributed by atoms with Gasteiger partial charge in [-0.05, 0) is 24.2 Å². The van der Waals surface area contributed by atoms with Gasteiger partial charge in [-0.2, -0.15) is 8.78 Å². The Labute approximate surface area is 82.3 Å². The van der Waals surface area contributed by atoms with Crippen molar-refractivity contribution in [3.63, 3.8) is 0 Å². The highest BCUT2D eigenvalue weighted by Gasteiger charge is 2.55. The fourth-order valence-electron chi connectivity index (χ4n) is 3.03. The number of nitrogens with zero attached hydrogens (tertiary/aromatic N) is 1. The van der Waals surface area contributed by atoms with Gasteiger partial charge in [0.1, 0.15) is 0 Å². The third kappa shape index (κ3) is 1.23. The van der Waals surface area contributed by atoms with Crippen molar-refractivity contribution in [1.29, 1.82) is 0 Å². The Balaban J connectivity index is 2.03. The minimum Gasteiger partial charge on any atom is -0.334 e. The van der Waals surface area contributed by atoms with E-state index in [0.717, 1.165) is 6.42 Å². The fourth-order valence-corrected chi connectivity index (χ4v) is 3.03. The number of halogens is 2. The van der Waals surface area contributed by atoms with Gasteiger partial charge < -0.3 is 4.90 Å². The van der Waals surface area contributed by atoms with Gasteiger partial charge in [0, 0.05) is 12.6 Å². The van der Waals surface area contributed by atoms with Crippen molar-refractivity contribution in [3.05, 3.63) is 0 Å². The molecule has 0 aromatic heterocycles. The molecule has 1 amide bonds. The molecule has 2 nitrogen and oxygen atoms in total. The molecule has 1 saturated carbocycles. The highest BCUT2D eigenvalue weighted by molar-refractivity contribution is 5.80. The van der Waals surface area contributed by atoms with Crippen molar-refractivity contribution in [2.45, 2.75) is 32.7 Å². The van der Waals surface area contributed by atoms with Gasteiger partial charge in [0.15, 0.2) is 0 Å². The van der Waals surface area contributed by atoms with Crippen molar-refractivity contribution in [3.8, 4) is 0 Å². The zero-order valence-electron chi connectivity index (χ0n) is 8.41. The van der Waals surface area contributed by atoms with E-state index < -0.39 is 12.3 Å². The molecule has 3 atom stereocenters. The third-order valence-corrected chi connectivity index (χ3v) is 3.60. The summed E-state index contributed by atoms with van der Waals surface area (Å²) in [5, 5.41) is 0. The van der Waals surface area contributed by atoms with Crippen molar-refractivity contribution in [1.82, 2.24) is 4.90 Å². The van der Waals surface area contributed by atoms with Gasteiger partial charge in [-0.25, -0.2) is 0 Å². The molecule has 2 saturated heterocycles. The number of carbonyl (C=O) groups excluding carboxylic acids is 1. The predicted molar refractivity (Wildman–Crippen MR) is 47.9 cm³/mol. The van der Waals surface area contributed by atoms with E-state index in [1.807, 2.05) is 0 Å². The smallest absolute Gasteiger partial charge is 0.315 e. The second-order valence-electron chi connectivity index (χ2n) is 4.68. The van der Waals surface area contributed by atoms with Crippen LogP contribution in [0.3, 0.4) is 0 Å². The van der Waals surface area contributed by atoms with Crippen molar-refractivity contribution >= 4 is 5.91 Å². The molecule has 3 aliphatic rings. The van der Waals surface area contributed by atoms with Crippen LogP contribution >= 0.6 is 0 Å². The lowest BCUT2D eigenvalue weighted by Crippen LogP contribution is -2.45. The topological polar surface area (TPSA) is 20.3 Å². The molecule has 0 N–H and O–H groups in total. The van der Waals surface area contributed by atoms with Crippen LogP contribution in [0, 0.1) is 17.8 Å². The summed E-state index contributed by atoms with van der Waals surface area (Å²) in [6, 6.07) is 0.0986. The van der Waals surface area contributed by atoms with Gasteiger partial charge in [-0.15, -0.1) is 0 Å². The van der Waals surface area contributed by atoms with Crippen LogP contribution in [0.15, 0.2) is 0 Å². The first-order valence-electron chi connectivity index (χ1n) is 5.11. The van der Waals surface area contributed by atoms with E-state index in [0.29, 0.717) is 24.3 Å². The summed E-state index contributed by atoms with van der Waals surface area (Å²) in [6.07, 6.45) is -1.90. The zero-order chi connectivity index (χ0) is 10.5. The predicted octanol–water partition coefficient (Wildman–Crippen LogP) is 1.75. The van der Waals surface area contributed by atoms with Crippen LogP contribution in [-0.2, 0) is 4.79 Å². The average Bonchev–Trinajstić information content (AvgIpc) is 2.57. The summed E-state index contributed by atoms with van der Waals surface area (Å²) < 4.78 is 24.4. The molecule has 0 aromatic rings. The normalized spacial score (nSPS) is 35.3. The Morgan fingerprint density at radius 3 is 2.50 bits per heavy atom. The number of alkyl halides is 2. The highest BCUT2D eigenvalue weighted by Crippen LogP contribution is 2.50. The van der Waals surface area contributed by atoms with Crippen molar-refractivity contribution < 1.29 is 13.6 Å². The van der Waals surface area contributed by atoms with Crippen molar-refractivity contribution in [2.24, 2.45) is 17.8 Å². The zero-order valence-corrected chi connectivity index (χ0v) is 8.41. The molecular weight excluding hydrogens is 188 g/mol. The molecule has 0 spiro atoms. The number of amides is 1. The first kappa shape index (κ1) is 9.87. The maximum Gasteiger partial charge on any atom is 0.315 e. The summed E-state index contributed by atoms with van der Waals surface area (Å²) in [6.45, 7) is 4.75. The summed E-state index contributed by atoms with van der Waals surface area (Å²) in [5.41, 5.74) is 0. The monoisotopic (exact) mass is 203 g/mol. The first-order valence-corrected chi connectivity index (χ1v) is 5.11. The van der Waals surface area contributed by atoms with Gasteiger partial charge in [-0.3, -0.25) is 4.79 Å². The van der Waals surface area contributed by atoms with Crippen LogP contribution in [0.5, 0.6) is 0 Å². The van der Waals surface area contributed by atoms with Gasteiger partial charge in [-0.1, -0.05) is 13.8 Å². The second-order valence-corrected chi connectivity index (χ2v) is 4.68. The van der Waals surface area contributed by atoms with Gasteiger partial charge >= 0.3 is 6.43 Å². The molecule has 0 radical (unpaired) electrons. The Bertz CT molecular complexity index is 255. The number of fused-ring (bicyclic) bond motifs is 1. The number of rotatable bonds is 2. The van der Waals surface area contributed by atoms with Crippen LogP contribution in [0.2, 0.25) is 0 Å². The molecule has 4 heteroatoms. The maximum atomic E-state index is 12.2. The van der Waals surface area contributed by atoms with E-state index in [1.165, 1.54) is 4.90 Å². The van der Waals surface area contributed by atoms with Gasteiger partial charge in [0.25, 0.3) is 5.91 Å². The summed E-state index contributed by atoms with van der Waals surface area (Å²) in [4.78, 5) is 12.5. The van der Waals surface area contributed by atoms with Crippen LogP contribution in [0.1, 0.15) is 20.3 Å². The quantitative estimate of drug-likeness (QED) is 0.669. The minimum absolute atomic E-state index is 0.0986. The van der Waals surface area contributed by atoms with E-state index in [4.69, 9.17) is 0 Å². The maximum absolute atomic E-state index is 12.2. The molecule has 2 bridgehead atoms. The fraction of sp³-hybridized carbons (Fsp3) is 0.900. The molecule has 14 heavy (non-hydrogen) atoms. The Kier molecular flexibility index (Phi) is 2.24. The molecular formula is C10H15F2NO. The Morgan fingerprint density at radius 2 is 2.07 bits per heavy atom. The van der Waals surface area contributed by atoms with Crippen LogP contribution < -0.4 is 0 Å². The van der Waals surface area contributed by atoms with Crippen molar-refractivity contribution in [2.75, 3.05) is 6.54 Å². The standard InChI is InChI=1S/C10H15F2NO/c1-5(2)8-6-3-7(8)13(4-6)10(14)9(11)12/h5-9H,3-4H2,1-2H3. The molecule has 80 valence electrons. The Morgan fingerprint density at radius 1 is 1.43 bits per heavy atom.